The Hall–Kier alpha value is -3.44. The van der Waals surface area contributed by atoms with Crippen LogP contribution in [0.15, 0.2) is 30.5 Å². The van der Waals surface area contributed by atoms with Gasteiger partial charge < -0.3 is 21.3 Å². The van der Waals surface area contributed by atoms with Gasteiger partial charge in [0, 0.05) is 50.6 Å². The minimum absolute atomic E-state index is 0.0394. The molecule has 0 radical (unpaired) electrons. The van der Waals surface area contributed by atoms with E-state index in [1.54, 1.807) is 24.2 Å². The average molecular weight is 481 g/mol. The smallest absolute Gasteiger partial charge is 0.399 e. The molecular formula is C22H24F5N7. The molecule has 2 aromatic heterocycles. The van der Waals surface area contributed by atoms with Crippen LogP contribution in [0.2, 0.25) is 0 Å². The van der Waals surface area contributed by atoms with Crippen molar-refractivity contribution in [2.45, 2.75) is 31.4 Å². The molecule has 34 heavy (non-hydrogen) atoms. The number of alkyl halides is 5. The first-order valence-electron chi connectivity index (χ1n) is 10.7. The number of pyridine rings is 1. The highest BCUT2D eigenvalue weighted by molar-refractivity contribution is 5.91. The first-order valence-corrected chi connectivity index (χ1v) is 10.7. The summed E-state index contributed by atoms with van der Waals surface area (Å²) in [6.45, 7) is 0.644. The lowest BCUT2D eigenvalue weighted by Crippen LogP contribution is -2.39. The lowest BCUT2D eigenvalue weighted by molar-refractivity contribution is -0.137. The molecule has 1 aromatic carbocycles. The third-order valence-electron chi connectivity index (χ3n) is 5.66. The maximum Gasteiger partial charge on any atom is 0.416 e. The molecule has 1 aliphatic heterocycles. The molecule has 7 nitrogen and oxygen atoms in total. The van der Waals surface area contributed by atoms with Crippen molar-refractivity contribution in [3.8, 4) is 0 Å². The van der Waals surface area contributed by atoms with Crippen LogP contribution in [-0.4, -0.2) is 47.6 Å². The Morgan fingerprint density at radius 2 is 1.82 bits per heavy atom. The molecule has 12 heteroatoms. The average Bonchev–Trinajstić information content (AvgIpc) is 2.77. The van der Waals surface area contributed by atoms with E-state index in [0.717, 1.165) is 12.1 Å². The molecule has 4 N–H and O–H groups in total. The minimum atomic E-state index is -4.48. The van der Waals surface area contributed by atoms with E-state index >= 15 is 0 Å². The third-order valence-corrected chi connectivity index (χ3v) is 5.66. The molecule has 0 spiro atoms. The zero-order chi connectivity index (χ0) is 24.5. The van der Waals surface area contributed by atoms with Crippen LogP contribution in [0.25, 0.3) is 10.9 Å². The second-order valence-corrected chi connectivity index (χ2v) is 8.19. The van der Waals surface area contributed by atoms with E-state index in [1.165, 1.54) is 6.07 Å². The Bertz CT molecular complexity index is 1170. The van der Waals surface area contributed by atoms with Gasteiger partial charge in [0.15, 0.2) is 0 Å². The van der Waals surface area contributed by atoms with E-state index in [0.29, 0.717) is 34.1 Å². The predicted molar refractivity (Wildman–Crippen MR) is 121 cm³/mol. The first kappa shape index (κ1) is 23.7. The number of nitrogens with one attached hydrogen (secondary N) is 2. The van der Waals surface area contributed by atoms with E-state index in [1.807, 2.05) is 0 Å². The minimum Gasteiger partial charge on any atom is -0.399 e. The number of nitrogens with zero attached hydrogens (tertiary/aromatic N) is 4. The molecule has 1 fully saturated rings. The van der Waals surface area contributed by atoms with Crippen molar-refractivity contribution < 1.29 is 22.0 Å². The summed E-state index contributed by atoms with van der Waals surface area (Å²) in [5.41, 5.74) is 5.86. The lowest BCUT2D eigenvalue weighted by Gasteiger charge is -2.32. The molecule has 3 heterocycles. The van der Waals surface area contributed by atoms with Crippen LogP contribution in [-0.2, 0) is 12.6 Å². The number of rotatable bonds is 6. The molecule has 0 aliphatic carbocycles. The molecule has 0 amide bonds. The SMILES string of the molecule is CNc1nc(NCCc2cc(N)cc(C(F)(F)F)c2)c2cc(N3CCC(F)(F)CC3)ncc2n1. The van der Waals surface area contributed by atoms with Crippen molar-refractivity contribution >= 4 is 34.2 Å². The second-order valence-electron chi connectivity index (χ2n) is 8.19. The fourth-order valence-electron chi connectivity index (χ4n) is 3.86. The zero-order valence-corrected chi connectivity index (χ0v) is 18.4. The van der Waals surface area contributed by atoms with Gasteiger partial charge in [0.05, 0.1) is 17.3 Å². The van der Waals surface area contributed by atoms with Gasteiger partial charge in [-0.25, -0.2) is 18.7 Å². The quantitative estimate of drug-likeness (QED) is 0.351. The van der Waals surface area contributed by atoms with Gasteiger partial charge in [0.25, 0.3) is 5.92 Å². The molecule has 3 aromatic rings. The maximum absolute atomic E-state index is 13.5. The Balaban J connectivity index is 1.56. The highest BCUT2D eigenvalue weighted by Crippen LogP contribution is 2.33. The van der Waals surface area contributed by atoms with Crippen LogP contribution in [0.3, 0.4) is 0 Å². The van der Waals surface area contributed by atoms with Crippen molar-refractivity contribution in [2.75, 3.05) is 47.9 Å². The fourth-order valence-corrected chi connectivity index (χ4v) is 3.86. The van der Waals surface area contributed by atoms with Crippen LogP contribution >= 0.6 is 0 Å². The van der Waals surface area contributed by atoms with Crippen LogP contribution in [0.5, 0.6) is 0 Å². The van der Waals surface area contributed by atoms with Crippen molar-refractivity contribution in [1.82, 2.24) is 15.0 Å². The molecule has 0 bridgehead atoms. The van der Waals surface area contributed by atoms with Gasteiger partial charge in [-0.05, 0) is 36.2 Å². The maximum atomic E-state index is 13.5. The van der Waals surface area contributed by atoms with Gasteiger partial charge in [0.1, 0.15) is 11.6 Å². The van der Waals surface area contributed by atoms with Crippen LogP contribution < -0.4 is 21.3 Å². The Labute approximate surface area is 192 Å². The molecule has 182 valence electrons. The number of hydrogen-bond donors (Lipinski definition) is 3. The number of nitrogens with two attached hydrogens (primary N) is 1. The highest BCUT2D eigenvalue weighted by atomic mass is 19.4. The van der Waals surface area contributed by atoms with Crippen molar-refractivity contribution in [1.29, 1.82) is 0 Å². The molecule has 0 saturated carbocycles. The molecule has 4 rings (SSSR count). The van der Waals surface area contributed by atoms with E-state index in [4.69, 9.17) is 5.73 Å². The summed E-state index contributed by atoms with van der Waals surface area (Å²) in [5.74, 6) is -1.33. The van der Waals surface area contributed by atoms with Crippen molar-refractivity contribution in [3.05, 3.63) is 41.6 Å². The van der Waals surface area contributed by atoms with E-state index in [9.17, 15) is 22.0 Å². The van der Waals surface area contributed by atoms with Gasteiger partial charge in [-0.3, -0.25) is 0 Å². The van der Waals surface area contributed by atoms with E-state index in [2.05, 4.69) is 25.6 Å². The number of halogens is 5. The summed E-state index contributed by atoms with van der Waals surface area (Å²) in [6.07, 6.45) is -3.14. The second kappa shape index (κ2) is 9.07. The van der Waals surface area contributed by atoms with Crippen LogP contribution in [0.4, 0.5) is 45.2 Å². The summed E-state index contributed by atoms with van der Waals surface area (Å²) >= 11 is 0. The van der Waals surface area contributed by atoms with Crippen LogP contribution in [0, 0.1) is 0 Å². The molecule has 1 aliphatic rings. The highest BCUT2D eigenvalue weighted by Gasteiger charge is 2.34. The topological polar surface area (TPSA) is 92.0 Å². The van der Waals surface area contributed by atoms with Gasteiger partial charge in [-0.2, -0.15) is 18.2 Å². The first-order chi connectivity index (χ1) is 16.0. The molecular weight excluding hydrogens is 457 g/mol. The number of hydrogen-bond acceptors (Lipinski definition) is 7. The zero-order valence-electron chi connectivity index (χ0n) is 18.4. The monoisotopic (exact) mass is 481 g/mol. The van der Waals surface area contributed by atoms with Gasteiger partial charge >= 0.3 is 6.18 Å². The summed E-state index contributed by atoms with van der Waals surface area (Å²) in [5, 5.41) is 6.64. The Morgan fingerprint density at radius 1 is 1.09 bits per heavy atom. The number of fused-ring (bicyclic) bond motifs is 1. The summed E-state index contributed by atoms with van der Waals surface area (Å²) in [4.78, 5) is 15.0. The predicted octanol–water partition coefficient (Wildman–Crippen LogP) is 4.56. The largest absolute Gasteiger partial charge is 0.416 e. The molecule has 0 atom stereocenters. The Kier molecular flexibility index (Phi) is 6.32. The lowest BCUT2D eigenvalue weighted by atomic mass is 10.1. The standard InChI is InChI=1S/C22H24F5N7/c1-29-20-32-17-12-31-18(34-6-3-21(23,24)4-7-34)11-16(17)19(33-20)30-5-2-13-8-14(22(25,26)27)10-15(28)9-13/h8-12H,2-7,28H2,1H3,(H2,29,30,32,33). The normalized spacial score (nSPS) is 16.0. The van der Waals surface area contributed by atoms with Crippen molar-refractivity contribution in [3.63, 3.8) is 0 Å². The fraction of sp³-hybridized carbons (Fsp3) is 0.409. The Morgan fingerprint density at radius 3 is 2.50 bits per heavy atom. The summed E-state index contributed by atoms with van der Waals surface area (Å²) in [6, 6.07) is 5.22. The van der Waals surface area contributed by atoms with Crippen LogP contribution in [0.1, 0.15) is 24.0 Å². The number of benzene rings is 1. The number of nitrogen functional groups attached to an aromatic ring is 1. The number of aromatic nitrogens is 3. The number of piperidine rings is 1. The molecule has 1 saturated heterocycles. The van der Waals surface area contributed by atoms with Gasteiger partial charge in [0.2, 0.25) is 5.95 Å². The van der Waals surface area contributed by atoms with E-state index in [-0.39, 0.29) is 44.6 Å². The summed E-state index contributed by atoms with van der Waals surface area (Å²) < 4.78 is 66.3. The third kappa shape index (κ3) is 5.37. The molecule has 0 unspecified atom stereocenters. The number of anilines is 4. The van der Waals surface area contributed by atoms with Crippen molar-refractivity contribution in [2.24, 2.45) is 0 Å². The van der Waals surface area contributed by atoms with Gasteiger partial charge in [-0.15, -0.1) is 0 Å². The summed E-state index contributed by atoms with van der Waals surface area (Å²) in [7, 11) is 1.66. The van der Waals surface area contributed by atoms with Gasteiger partial charge in [-0.1, -0.05) is 0 Å². The van der Waals surface area contributed by atoms with E-state index < -0.39 is 17.7 Å².